The van der Waals surface area contributed by atoms with E-state index in [2.05, 4.69) is 9.97 Å². The normalized spacial score (nSPS) is 29.0. The van der Waals surface area contributed by atoms with E-state index in [4.69, 9.17) is 19.7 Å². The van der Waals surface area contributed by atoms with Gasteiger partial charge in [0.15, 0.2) is 0 Å². The predicted octanol–water partition coefficient (Wildman–Crippen LogP) is -3.34. The van der Waals surface area contributed by atoms with Crippen LogP contribution in [0.3, 0.4) is 0 Å². The van der Waals surface area contributed by atoms with Gasteiger partial charge in [0, 0.05) is 36.9 Å². The molecule has 6 N–H and O–H groups in total. The lowest BCUT2D eigenvalue weighted by Crippen LogP contribution is -2.33. The van der Waals surface area contributed by atoms with E-state index in [1.165, 1.54) is 27.6 Å². The Morgan fingerprint density at radius 2 is 1.42 bits per heavy atom. The summed E-state index contributed by atoms with van der Waals surface area (Å²) in [5.41, 5.74) is -1.73. The Morgan fingerprint density at radius 3 is 1.91 bits per heavy atom. The van der Waals surface area contributed by atoms with Gasteiger partial charge in [-0.3, -0.25) is 28.7 Å². The van der Waals surface area contributed by atoms with Gasteiger partial charge in [0.05, 0.1) is 25.4 Å². The smallest absolute Gasteiger partial charge is 0.330 e. The number of aromatic amines is 2. The number of nitrogens with zero attached hydrogens (tertiary/aromatic N) is 2. The SMILES string of the molecule is Cc1cn([C@H]2C[C@H](O)[C@@H](CO)O2)c(=O)[nH]c1=O.O=c1ccn([C@H]2C[C@H](O)[C@@H](CO)O2)c(=O)[nH]1. The molecule has 4 heterocycles. The predicted molar refractivity (Wildman–Crippen MR) is 111 cm³/mol. The molecule has 2 aromatic heterocycles. The molecule has 0 saturated carbocycles. The minimum absolute atomic E-state index is 0.205. The summed E-state index contributed by atoms with van der Waals surface area (Å²) in [6, 6.07) is 1.20. The second kappa shape index (κ2) is 10.4. The van der Waals surface area contributed by atoms with Crippen molar-refractivity contribution in [2.24, 2.45) is 0 Å². The maximum Gasteiger partial charge on any atom is 0.330 e. The van der Waals surface area contributed by atoms with Crippen LogP contribution in [-0.4, -0.2) is 77.2 Å². The first-order valence-electron chi connectivity index (χ1n) is 10.2. The molecule has 14 heteroatoms. The fourth-order valence-corrected chi connectivity index (χ4v) is 3.55. The topological polar surface area (TPSA) is 209 Å². The fraction of sp³-hybridized carbons (Fsp3) is 0.579. The number of rotatable bonds is 4. The van der Waals surface area contributed by atoms with Gasteiger partial charge in [-0.1, -0.05) is 0 Å². The van der Waals surface area contributed by atoms with E-state index in [1.54, 1.807) is 6.92 Å². The van der Waals surface area contributed by atoms with Crippen molar-refractivity contribution in [3.63, 3.8) is 0 Å². The van der Waals surface area contributed by atoms with Crippen LogP contribution in [0.1, 0.15) is 30.9 Å². The summed E-state index contributed by atoms with van der Waals surface area (Å²) < 4.78 is 13.0. The van der Waals surface area contributed by atoms with Gasteiger partial charge in [0.1, 0.15) is 24.7 Å². The Bertz CT molecular complexity index is 1180. The van der Waals surface area contributed by atoms with E-state index in [-0.39, 0.29) is 26.1 Å². The molecule has 4 rings (SSSR count). The van der Waals surface area contributed by atoms with Crippen molar-refractivity contribution in [2.45, 2.75) is 56.6 Å². The highest BCUT2D eigenvalue weighted by molar-refractivity contribution is 5.02. The molecule has 2 aliphatic rings. The first kappa shape index (κ1) is 24.8. The molecule has 0 bridgehead atoms. The Balaban J connectivity index is 0.000000186. The van der Waals surface area contributed by atoms with Gasteiger partial charge in [-0.05, 0) is 6.92 Å². The third kappa shape index (κ3) is 5.55. The minimum atomic E-state index is -0.816. The van der Waals surface area contributed by atoms with Gasteiger partial charge in [-0.25, -0.2) is 9.59 Å². The molecule has 0 amide bonds. The van der Waals surface area contributed by atoms with Crippen molar-refractivity contribution >= 4 is 0 Å². The highest BCUT2D eigenvalue weighted by Crippen LogP contribution is 2.27. The van der Waals surface area contributed by atoms with E-state index in [1.807, 2.05) is 0 Å². The van der Waals surface area contributed by atoms with E-state index in [0.717, 1.165) is 0 Å². The molecule has 33 heavy (non-hydrogen) atoms. The first-order chi connectivity index (χ1) is 15.6. The van der Waals surface area contributed by atoms with Gasteiger partial charge in [0.25, 0.3) is 11.1 Å². The number of aliphatic hydroxyl groups excluding tert-OH is 4. The summed E-state index contributed by atoms with van der Waals surface area (Å²) in [7, 11) is 0. The molecule has 0 radical (unpaired) electrons. The van der Waals surface area contributed by atoms with Crippen LogP contribution >= 0.6 is 0 Å². The highest BCUT2D eigenvalue weighted by Gasteiger charge is 2.35. The van der Waals surface area contributed by atoms with Crippen LogP contribution in [0.25, 0.3) is 0 Å². The molecule has 2 saturated heterocycles. The standard InChI is InChI=1S/C10H14N2O5.C9H12N2O5/c1-5-3-12(10(16)11-9(5)15)8-2-6(14)7(4-13)17-8;12-4-6-5(13)3-8(16-6)11-2-1-7(14)10-9(11)15/h3,6-8,13-14H,2,4H2,1H3,(H,11,15,16);1-2,5-6,8,12-13H,3-4H2,(H,10,14,15)/t6-,7+,8+;5-,6+,8+/m00/s1. The maximum atomic E-state index is 11.6. The van der Waals surface area contributed by atoms with Gasteiger partial charge < -0.3 is 29.9 Å². The quantitative estimate of drug-likeness (QED) is 0.262. The number of aliphatic hydroxyl groups is 4. The Kier molecular flexibility index (Phi) is 7.78. The van der Waals surface area contributed by atoms with Crippen molar-refractivity contribution in [3.8, 4) is 0 Å². The Hall–Kier alpha value is -2.88. The highest BCUT2D eigenvalue weighted by atomic mass is 16.5. The van der Waals surface area contributed by atoms with Crippen LogP contribution in [0.5, 0.6) is 0 Å². The monoisotopic (exact) mass is 470 g/mol. The Morgan fingerprint density at radius 1 is 0.909 bits per heavy atom. The van der Waals surface area contributed by atoms with E-state index in [9.17, 15) is 29.4 Å². The van der Waals surface area contributed by atoms with Crippen LogP contribution < -0.4 is 22.5 Å². The number of ether oxygens (including phenoxy) is 2. The zero-order valence-electron chi connectivity index (χ0n) is 17.7. The lowest BCUT2D eigenvalue weighted by molar-refractivity contribution is -0.0459. The summed E-state index contributed by atoms with van der Waals surface area (Å²) >= 11 is 0. The summed E-state index contributed by atoms with van der Waals surface area (Å²) in [5, 5.41) is 36.9. The summed E-state index contributed by atoms with van der Waals surface area (Å²) in [6.07, 6.45) is -1.23. The van der Waals surface area contributed by atoms with Crippen molar-refractivity contribution in [1.29, 1.82) is 0 Å². The third-order valence-electron chi connectivity index (χ3n) is 5.39. The molecule has 0 unspecified atom stereocenters. The first-order valence-corrected chi connectivity index (χ1v) is 10.2. The zero-order valence-corrected chi connectivity index (χ0v) is 17.7. The fourth-order valence-electron chi connectivity index (χ4n) is 3.55. The van der Waals surface area contributed by atoms with E-state index >= 15 is 0 Å². The lowest BCUT2D eigenvalue weighted by atomic mass is 10.2. The molecule has 0 aromatic carbocycles. The van der Waals surface area contributed by atoms with Gasteiger partial charge in [-0.15, -0.1) is 0 Å². The van der Waals surface area contributed by atoms with Crippen LogP contribution in [0.4, 0.5) is 0 Å². The second-order valence-electron chi connectivity index (χ2n) is 7.73. The molecule has 182 valence electrons. The van der Waals surface area contributed by atoms with Crippen LogP contribution in [0.15, 0.2) is 37.6 Å². The molecule has 6 atom stereocenters. The molecule has 2 fully saturated rings. The average molecular weight is 470 g/mol. The summed E-state index contributed by atoms with van der Waals surface area (Å²) in [4.78, 5) is 49.3. The molecular formula is C19H26N4O10. The molecule has 2 aliphatic heterocycles. The van der Waals surface area contributed by atoms with Crippen molar-refractivity contribution in [1.82, 2.24) is 19.1 Å². The number of aromatic nitrogens is 4. The van der Waals surface area contributed by atoms with Crippen molar-refractivity contribution < 1.29 is 29.9 Å². The molecule has 2 aromatic rings. The second-order valence-corrected chi connectivity index (χ2v) is 7.73. The number of hydrogen-bond acceptors (Lipinski definition) is 10. The third-order valence-corrected chi connectivity index (χ3v) is 5.39. The van der Waals surface area contributed by atoms with E-state index in [0.29, 0.717) is 5.56 Å². The van der Waals surface area contributed by atoms with Gasteiger partial charge in [0.2, 0.25) is 0 Å². The number of hydrogen-bond donors (Lipinski definition) is 6. The summed E-state index contributed by atoms with van der Waals surface area (Å²) in [5.74, 6) is 0. The number of nitrogens with one attached hydrogen (secondary N) is 2. The van der Waals surface area contributed by atoms with Gasteiger partial charge in [-0.2, -0.15) is 0 Å². The van der Waals surface area contributed by atoms with Gasteiger partial charge >= 0.3 is 11.4 Å². The number of aryl methyl sites for hydroxylation is 1. The molecular weight excluding hydrogens is 444 g/mol. The van der Waals surface area contributed by atoms with Crippen LogP contribution in [-0.2, 0) is 9.47 Å². The van der Waals surface area contributed by atoms with E-state index < -0.39 is 59.4 Å². The molecule has 0 aliphatic carbocycles. The molecule has 0 spiro atoms. The average Bonchev–Trinajstić information content (AvgIpc) is 3.32. The zero-order chi connectivity index (χ0) is 24.3. The van der Waals surface area contributed by atoms with Crippen molar-refractivity contribution in [2.75, 3.05) is 13.2 Å². The van der Waals surface area contributed by atoms with Crippen LogP contribution in [0.2, 0.25) is 0 Å². The van der Waals surface area contributed by atoms with Crippen LogP contribution in [0, 0.1) is 6.92 Å². The largest absolute Gasteiger partial charge is 0.394 e. The Labute approximate surface area is 185 Å². The lowest BCUT2D eigenvalue weighted by Gasteiger charge is -2.14. The minimum Gasteiger partial charge on any atom is -0.394 e. The molecule has 14 nitrogen and oxygen atoms in total. The summed E-state index contributed by atoms with van der Waals surface area (Å²) in [6.45, 7) is 0.953. The maximum absolute atomic E-state index is 11.6. The number of H-pyrrole nitrogens is 2. The van der Waals surface area contributed by atoms with Crippen molar-refractivity contribution in [3.05, 3.63) is 65.7 Å².